The van der Waals surface area contributed by atoms with Crippen LogP contribution in [0.15, 0.2) is 12.1 Å². The third-order valence-electron chi connectivity index (χ3n) is 3.62. The van der Waals surface area contributed by atoms with Crippen LogP contribution < -0.4 is 5.73 Å². The second kappa shape index (κ2) is 5.70. The van der Waals surface area contributed by atoms with E-state index in [0.717, 1.165) is 6.54 Å². The Labute approximate surface area is 115 Å². The van der Waals surface area contributed by atoms with Crippen LogP contribution in [0.5, 0.6) is 0 Å². The number of piperazine rings is 1. The zero-order chi connectivity index (χ0) is 13.2. The summed E-state index contributed by atoms with van der Waals surface area (Å²) in [5.41, 5.74) is 5.96. The molecule has 0 aliphatic carbocycles. The first-order valence-corrected chi connectivity index (χ1v) is 7.56. The van der Waals surface area contributed by atoms with Crippen molar-refractivity contribution in [1.82, 2.24) is 9.80 Å². The Bertz CT molecular complexity index is 373. The third-order valence-corrected chi connectivity index (χ3v) is 4.71. The van der Waals surface area contributed by atoms with Gasteiger partial charge in [-0.3, -0.25) is 9.80 Å². The van der Waals surface area contributed by atoms with Gasteiger partial charge in [0.2, 0.25) is 0 Å². The molecule has 0 amide bonds. The van der Waals surface area contributed by atoms with E-state index in [2.05, 4.69) is 42.7 Å². The van der Waals surface area contributed by atoms with Crippen LogP contribution in [0.3, 0.4) is 0 Å². The van der Waals surface area contributed by atoms with Crippen molar-refractivity contribution in [3.63, 3.8) is 0 Å². The summed E-state index contributed by atoms with van der Waals surface area (Å²) in [5.74, 6) is 0. The first-order chi connectivity index (χ1) is 8.49. The molecule has 3 nitrogen and oxygen atoms in total. The lowest BCUT2D eigenvalue weighted by Gasteiger charge is -2.42. The van der Waals surface area contributed by atoms with Crippen LogP contribution >= 0.6 is 11.3 Å². The molecule has 0 atom stereocenters. The maximum absolute atomic E-state index is 5.65. The van der Waals surface area contributed by atoms with E-state index in [1.54, 1.807) is 0 Å². The quantitative estimate of drug-likeness (QED) is 0.910. The molecule has 0 unspecified atom stereocenters. The highest BCUT2D eigenvalue weighted by atomic mass is 32.1. The van der Waals surface area contributed by atoms with Crippen LogP contribution in [0.25, 0.3) is 0 Å². The van der Waals surface area contributed by atoms with E-state index in [1.165, 1.54) is 35.9 Å². The van der Waals surface area contributed by atoms with Gasteiger partial charge in [0.1, 0.15) is 0 Å². The minimum absolute atomic E-state index is 0.307. The fraction of sp³-hybridized carbons (Fsp3) is 0.714. The van der Waals surface area contributed by atoms with Gasteiger partial charge in [0.05, 0.1) is 0 Å². The van der Waals surface area contributed by atoms with Crippen LogP contribution in [0.4, 0.5) is 0 Å². The molecule has 1 aromatic heterocycles. The van der Waals surface area contributed by atoms with Crippen molar-refractivity contribution < 1.29 is 0 Å². The van der Waals surface area contributed by atoms with Gasteiger partial charge in [-0.05, 0) is 32.9 Å². The summed E-state index contributed by atoms with van der Waals surface area (Å²) < 4.78 is 0. The molecule has 0 spiro atoms. The number of hydrogen-bond donors (Lipinski definition) is 1. The molecule has 0 radical (unpaired) electrons. The molecule has 0 bridgehead atoms. The molecular formula is C14H25N3S. The Morgan fingerprint density at radius 1 is 1.11 bits per heavy atom. The summed E-state index contributed by atoms with van der Waals surface area (Å²) in [6.45, 7) is 13.4. The van der Waals surface area contributed by atoms with Crippen LogP contribution in [-0.2, 0) is 13.1 Å². The summed E-state index contributed by atoms with van der Waals surface area (Å²) in [6, 6.07) is 4.38. The number of nitrogens with two attached hydrogens (primary N) is 1. The molecule has 1 fully saturated rings. The summed E-state index contributed by atoms with van der Waals surface area (Å²) in [7, 11) is 0. The minimum Gasteiger partial charge on any atom is -0.326 e. The first kappa shape index (κ1) is 14.0. The Morgan fingerprint density at radius 3 is 2.22 bits per heavy atom. The number of hydrogen-bond acceptors (Lipinski definition) is 4. The molecule has 4 heteroatoms. The number of nitrogens with zero attached hydrogens (tertiary/aromatic N) is 2. The molecule has 2 heterocycles. The van der Waals surface area contributed by atoms with Gasteiger partial charge in [0.15, 0.2) is 0 Å². The topological polar surface area (TPSA) is 32.5 Å². The summed E-state index contributed by atoms with van der Waals surface area (Å²) in [4.78, 5) is 7.86. The molecule has 2 N–H and O–H groups in total. The summed E-state index contributed by atoms with van der Waals surface area (Å²) >= 11 is 1.85. The fourth-order valence-electron chi connectivity index (χ4n) is 2.41. The highest BCUT2D eigenvalue weighted by Crippen LogP contribution is 2.20. The van der Waals surface area contributed by atoms with Gasteiger partial charge < -0.3 is 5.73 Å². The maximum Gasteiger partial charge on any atom is 0.0329 e. The Balaban J connectivity index is 1.83. The third kappa shape index (κ3) is 3.54. The maximum atomic E-state index is 5.65. The standard InChI is InChI=1S/C14H25N3S/c1-14(2,3)17-8-6-16(7-9-17)11-13-5-4-12(10-15)18-13/h4-5H,6-11,15H2,1-3H3. The van der Waals surface area contributed by atoms with E-state index >= 15 is 0 Å². The van der Waals surface area contributed by atoms with Crippen molar-refractivity contribution in [2.24, 2.45) is 5.73 Å². The van der Waals surface area contributed by atoms with E-state index < -0.39 is 0 Å². The monoisotopic (exact) mass is 267 g/mol. The molecule has 2 rings (SSSR count). The molecule has 1 saturated heterocycles. The highest BCUT2D eigenvalue weighted by Gasteiger charge is 2.25. The predicted octanol–water partition coefficient (Wildman–Crippen LogP) is 2.12. The van der Waals surface area contributed by atoms with Crippen molar-refractivity contribution in [3.8, 4) is 0 Å². The second-order valence-corrected chi connectivity index (χ2v) is 7.26. The van der Waals surface area contributed by atoms with E-state index in [-0.39, 0.29) is 0 Å². The average molecular weight is 267 g/mol. The van der Waals surface area contributed by atoms with Crippen LogP contribution in [-0.4, -0.2) is 41.5 Å². The Hall–Kier alpha value is -0.420. The first-order valence-electron chi connectivity index (χ1n) is 6.74. The van der Waals surface area contributed by atoms with E-state index in [9.17, 15) is 0 Å². The Kier molecular flexibility index (Phi) is 4.43. The van der Waals surface area contributed by atoms with Gasteiger partial charge in [-0.2, -0.15) is 0 Å². The van der Waals surface area contributed by atoms with Crippen molar-refractivity contribution in [1.29, 1.82) is 0 Å². The van der Waals surface area contributed by atoms with E-state index in [4.69, 9.17) is 5.73 Å². The average Bonchev–Trinajstić information content (AvgIpc) is 2.76. The van der Waals surface area contributed by atoms with Gasteiger partial charge in [0.25, 0.3) is 0 Å². The largest absolute Gasteiger partial charge is 0.326 e. The molecule has 1 aliphatic rings. The van der Waals surface area contributed by atoms with Crippen molar-refractivity contribution in [3.05, 3.63) is 21.9 Å². The normalized spacial score (nSPS) is 19.3. The molecule has 18 heavy (non-hydrogen) atoms. The van der Waals surface area contributed by atoms with E-state index in [0.29, 0.717) is 12.1 Å². The number of rotatable bonds is 3. The van der Waals surface area contributed by atoms with Gasteiger partial charge in [0, 0.05) is 54.6 Å². The molecule has 0 aromatic carbocycles. The molecule has 1 aromatic rings. The molecule has 102 valence electrons. The lowest BCUT2D eigenvalue weighted by molar-refractivity contribution is 0.0595. The smallest absolute Gasteiger partial charge is 0.0329 e. The molecular weight excluding hydrogens is 242 g/mol. The van der Waals surface area contributed by atoms with Crippen molar-refractivity contribution in [2.45, 2.75) is 39.4 Å². The van der Waals surface area contributed by atoms with Crippen LogP contribution in [0.2, 0.25) is 0 Å². The zero-order valence-electron chi connectivity index (χ0n) is 11.8. The lowest BCUT2D eigenvalue weighted by Crippen LogP contribution is -2.53. The SMILES string of the molecule is CC(C)(C)N1CCN(Cc2ccc(CN)s2)CC1. The lowest BCUT2D eigenvalue weighted by atomic mass is 10.1. The van der Waals surface area contributed by atoms with Gasteiger partial charge >= 0.3 is 0 Å². The fourth-order valence-corrected chi connectivity index (χ4v) is 3.35. The van der Waals surface area contributed by atoms with Crippen molar-refractivity contribution >= 4 is 11.3 Å². The Morgan fingerprint density at radius 2 is 1.72 bits per heavy atom. The predicted molar refractivity (Wildman–Crippen MR) is 78.8 cm³/mol. The van der Waals surface area contributed by atoms with Gasteiger partial charge in [-0.25, -0.2) is 0 Å². The van der Waals surface area contributed by atoms with Gasteiger partial charge in [-0.15, -0.1) is 11.3 Å². The molecule has 1 aliphatic heterocycles. The molecule has 0 saturated carbocycles. The van der Waals surface area contributed by atoms with E-state index in [1.807, 2.05) is 11.3 Å². The summed E-state index contributed by atoms with van der Waals surface area (Å²) in [5, 5.41) is 0. The van der Waals surface area contributed by atoms with Gasteiger partial charge in [-0.1, -0.05) is 0 Å². The second-order valence-electron chi connectivity index (χ2n) is 6.01. The summed E-state index contributed by atoms with van der Waals surface area (Å²) in [6.07, 6.45) is 0. The van der Waals surface area contributed by atoms with Crippen molar-refractivity contribution in [2.75, 3.05) is 26.2 Å². The van der Waals surface area contributed by atoms with Crippen LogP contribution in [0.1, 0.15) is 30.5 Å². The number of thiophene rings is 1. The highest BCUT2D eigenvalue weighted by molar-refractivity contribution is 7.11. The van der Waals surface area contributed by atoms with Crippen LogP contribution in [0, 0.1) is 0 Å². The zero-order valence-corrected chi connectivity index (χ0v) is 12.6. The minimum atomic E-state index is 0.307.